The Morgan fingerprint density at radius 3 is 2.42 bits per heavy atom. The Kier molecular flexibility index (Phi) is 3.57. The number of ether oxygens (including phenoxy) is 1. The summed E-state index contributed by atoms with van der Waals surface area (Å²) in [5.41, 5.74) is 0. The van der Waals surface area contributed by atoms with Gasteiger partial charge in [-0.25, -0.2) is 0 Å². The molecule has 3 unspecified atom stereocenters. The first-order chi connectivity index (χ1) is 5.59. The Morgan fingerprint density at radius 2 is 2.00 bits per heavy atom. The molecular formula is C11H22O. The number of hydrogen-bond acceptors (Lipinski definition) is 1. The SMILES string of the molecule is CC(C)CCC1CC(C)OC1C. The van der Waals surface area contributed by atoms with Crippen LogP contribution in [0.5, 0.6) is 0 Å². The van der Waals surface area contributed by atoms with Crippen LogP contribution >= 0.6 is 0 Å². The lowest BCUT2D eigenvalue weighted by Crippen LogP contribution is -2.11. The van der Waals surface area contributed by atoms with E-state index in [0.29, 0.717) is 12.2 Å². The summed E-state index contributed by atoms with van der Waals surface area (Å²) in [5.74, 6) is 1.66. The second-order valence-electron chi connectivity index (χ2n) is 4.62. The predicted octanol–water partition coefficient (Wildman–Crippen LogP) is 3.24. The van der Waals surface area contributed by atoms with Crippen molar-refractivity contribution in [2.45, 2.75) is 59.2 Å². The summed E-state index contributed by atoms with van der Waals surface area (Å²) in [7, 11) is 0. The molecule has 0 aliphatic carbocycles. The van der Waals surface area contributed by atoms with E-state index < -0.39 is 0 Å². The van der Waals surface area contributed by atoms with Crippen LogP contribution in [0.2, 0.25) is 0 Å². The third kappa shape index (κ3) is 2.78. The quantitative estimate of drug-likeness (QED) is 0.632. The predicted molar refractivity (Wildman–Crippen MR) is 52.2 cm³/mol. The fourth-order valence-corrected chi connectivity index (χ4v) is 2.05. The first kappa shape index (κ1) is 10.0. The lowest BCUT2D eigenvalue weighted by molar-refractivity contribution is 0.0544. The monoisotopic (exact) mass is 170 g/mol. The zero-order chi connectivity index (χ0) is 9.14. The zero-order valence-electron chi connectivity index (χ0n) is 8.84. The fourth-order valence-electron chi connectivity index (χ4n) is 2.05. The molecule has 0 spiro atoms. The smallest absolute Gasteiger partial charge is 0.0579 e. The lowest BCUT2D eigenvalue weighted by Gasteiger charge is -2.14. The fraction of sp³-hybridized carbons (Fsp3) is 1.00. The van der Waals surface area contributed by atoms with Crippen LogP contribution in [0.15, 0.2) is 0 Å². The van der Waals surface area contributed by atoms with Crippen molar-refractivity contribution in [2.75, 3.05) is 0 Å². The van der Waals surface area contributed by atoms with Crippen LogP contribution in [0.1, 0.15) is 47.0 Å². The van der Waals surface area contributed by atoms with Gasteiger partial charge in [-0.05, 0) is 38.5 Å². The van der Waals surface area contributed by atoms with Gasteiger partial charge < -0.3 is 4.74 Å². The van der Waals surface area contributed by atoms with Crippen molar-refractivity contribution in [3.05, 3.63) is 0 Å². The van der Waals surface area contributed by atoms with Gasteiger partial charge >= 0.3 is 0 Å². The number of hydrogen-bond donors (Lipinski definition) is 0. The van der Waals surface area contributed by atoms with E-state index in [1.165, 1.54) is 19.3 Å². The minimum atomic E-state index is 0.497. The molecule has 0 aromatic heterocycles. The van der Waals surface area contributed by atoms with Crippen molar-refractivity contribution >= 4 is 0 Å². The highest BCUT2D eigenvalue weighted by molar-refractivity contribution is 4.77. The van der Waals surface area contributed by atoms with E-state index in [-0.39, 0.29) is 0 Å². The Labute approximate surface area is 76.5 Å². The van der Waals surface area contributed by atoms with E-state index in [1.807, 2.05) is 0 Å². The van der Waals surface area contributed by atoms with Gasteiger partial charge in [0.2, 0.25) is 0 Å². The molecule has 12 heavy (non-hydrogen) atoms. The van der Waals surface area contributed by atoms with Crippen LogP contribution in [0.3, 0.4) is 0 Å². The normalized spacial score (nSPS) is 36.2. The molecule has 1 rings (SSSR count). The molecule has 0 aromatic carbocycles. The summed E-state index contributed by atoms with van der Waals surface area (Å²) in [6.07, 6.45) is 4.97. The second kappa shape index (κ2) is 4.27. The summed E-state index contributed by atoms with van der Waals surface area (Å²) in [6, 6.07) is 0. The summed E-state index contributed by atoms with van der Waals surface area (Å²) in [6.45, 7) is 8.99. The molecule has 1 nitrogen and oxygen atoms in total. The van der Waals surface area contributed by atoms with Gasteiger partial charge in [-0.2, -0.15) is 0 Å². The Bertz CT molecular complexity index is 131. The molecule has 1 aliphatic heterocycles. The van der Waals surface area contributed by atoms with E-state index in [1.54, 1.807) is 0 Å². The molecule has 3 atom stereocenters. The molecule has 1 saturated heterocycles. The topological polar surface area (TPSA) is 9.23 Å². The molecule has 0 bridgehead atoms. The average Bonchev–Trinajstić information content (AvgIpc) is 2.26. The second-order valence-corrected chi connectivity index (χ2v) is 4.62. The Balaban J connectivity index is 2.23. The van der Waals surface area contributed by atoms with Crippen LogP contribution in [0, 0.1) is 11.8 Å². The molecule has 0 amide bonds. The van der Waals surface area contributed by atoms with Gasteiger partial charge in [-0.3, -0.25) is 0 Å². The summed E-state index contributed by atoms with van der Waals surface area (Å²) in [5, 5.41) is 0. The lowest BCUT2D eigenvalue weighted by atomic mass is 9.92. The summed E-state index contributed by atoms with van der Waals surface area (Å²) >= 11 is 0. The van der Waals surface area contributed by atoms with Crippen LogP contribution in [0.4, 0.5) is 0 Å². The van der Waals surface area contributed by atoms with Gasteiger partial charge in [0.1, 0.15) is 0 Å². The van der Waals surface area contributed by atoms with Crippen molar-refractivity contribution < 1.29 is 4.74 Å². The van der Waals surface area contributed by atoms with Gasteiger partial charge in [0.25, 0.3) is 0 Å². The van der Waals surface area contributed by atoms with Crippen molar-refractivity contribution in [1.29, 1.82) is 0 Å². The van der Waals surface area contributed by atoms with Gasteiger partial charge in [0, 0.05) is 0 Å². The molecule has 1 heteroatoms. The van der Waals surface area contributed by atoms with Crippen molar-refractivity contribution in [3.63, 3.8) is 0 Å². The largest absolute Gasteiger partial charge is 0.375 e. The highest BCUT2D eigenvalue weighted by atomic mass is 16.5. The standard InChI is InChI=1S/C11H22O/c1-8(2)5-6-11-7-9(3)12-10(11)4/h8-11H,5-7H2,1-4H3. The van der Waals surface area contributed by atoms with Gasteiger partial charge in [0.05, 0.1) is 12.2 Å². The maximum atomic E-state index is 5.71. The van der Waals surface area contributed by atoms with Crippen LogP contribution < -0.4 is 0 Å². The molecule has 1 aliphatic rings. The van der Waals surface area contributed by atoms with Crippen LogP contribution in [-0.2, 0) is 4.74 Å². The van der Waals surface area contributed by atoms with Crippen molar-refractivity contribution in [2.24, 2.45) is 11.8 Å². The molecule has 1 heterocycles. The maximum Gasteiger partial charge on any atom is 0.0579 e. The molecule has 0 saturated carbocycles. The Hall–Kier alpha value is -0.0400. The zero-order valence-corrected chi connectivity index (χ0v) is 8.84. The summed E-state index contributed by atoms with van der Waals surface area (Å²) < 4.78 is 5.71. The van der Waals surface area contributed by atoms with E-state index in [0.717, 1.165) is 11.8 Å². The van der Waals surface area contributed by atoms with E-state index in [9.17, 15) is 0 Å². The first-order valence-electron chi connectivity index (χ1n) is 5.25. The molecule has 0 radical (unpaired) electrons. The van der Waals surface area contributed by atoms with Gasteiger partial charge in [-0.1, -0.05) is 20.3 Å². The highest BCUT2D eigenvalue weighted by Gasteiger charge is 2.28. The van der Waals surface area contributed by atoms with E-state index in [4.69, 9.17) is 4.74 Å². The summed E-state index contributed by atoms with van der Waals surface area (Å²) in [4.78, 5) is 0. The third-order valence-corrected chi connectivity index (χ3v) is 2.86. The number of rotatable bonds is 3. The third-order valence-electron chi connectivity index (χ3n) is 2.86. The minimum absolute atomic E-state index is 0.497. The first-order valence-corrected chi connectivity index (χ1v) is 5.25. The Morgan fingerprint density at radius 1 is 1.33 bits per heavy atom. The van der Waals surface area contributed by atoms with Gasteiger partial charge in [-0.15, -0.1) is 0 Å². The van der Waals surface area contributed by atoms with Crippen molar-refractivity contribution in [1.82, 2.24) is 0 Å². The van der Waals surface area contributed by atoms with Crippen LogP contribution in [0.25, 0.3) is 0 Å². The maximum absolute atomic E-state index is 5.71. The average molecular weight is 170 g/mol. The molecule has 1 fully saturated rings. The highest BCUT2D eigenvalue weighted by Crippen LogP contribution is 2.30. The minimum Gasteiger partial charge on any atom is -0.375 e. The molecule has 0 aromatic rings. The molecule has 72 valence electrons. The van der Waals surface area contributed by atoms with Crippen LogP contribution in [-0.4, -0.2) is 12.2 Å². The van der Waals surface area contributed by atoms with Crippen molar-refractivity contribution in [3.8, 4) is 0 Å². The molecular weight excluding hydrogens is 148 g/mol. The van der Waals surface area contributed by atoms with E-state index in [2.05, 4.69) is 27.7 Å². The van der Waals surface area contributed by atoms with E-state index >= 15 is 0 Å². The molecule has 0 N–H and O–H groups in total. The van der Waals surface area contributed by atoms with Gasteiger partial charge in [0.15, 0.2) is 0 Å².